The van der Waals surface area contributed by atoms with Crippen LogP contribution in [0.25, 0.3) is 11.1 Å². The predicted molar refractivity (Wildman–Crippen MR) is 76.0 cm³/mol. The van der Waals surface area contributed by atoms with E-state index in [-0.39, 0.29) is 5.91 Å². The maximum atomic E-state index is 11.5. The van der Waals surface area contributed by atoms with Gasteiger partial charge in [0.25, 0.3) is 0 Å². The van der Waals surface area contributed by atoms with Gasteiger partial charge in [0.05, 0.1) is 5.69 Å². The van der Waals surface area contributed by atoms with Gasteiger partial charge in [-0.15, -0.1) is 0 Å². The number of amides is 1. The summed E-state index contributed by atoms with van der Waals surface area (Å²) in [6.45, 7) is 1.56. The number of aromatic nitrogens is 1. The third kappa shape index (κ3) is 2.24. The molecule has 0 unspecified atom stereocenters. The molecule has 3 nitrogen and oxygen atoms in total. The molecule has 0 saturated carbocycles. The summed E-state index contributed by atoms with van der Waals surface area (Å²) < 4.78 is 0. The van der Waals surface area contributed by atoms with Gasteiger partial charge in [0.2, 0.25) is 5.91 Å². The van der Waals surface area contributed by atoms with Crippen LogP contribution in [0.3, 0.4) is 0 Å². The van der Waals surface area contributed by atoms with Crippen molar-refractivity contribution in [3.63, 3.8) is 0 Å². The molecule has 1 aliphatic carbocycles. The molecule has 3 heteroatoms. The Labute approximate surface area is 112 Å². The summed E-state index contributed by atoms with van der Waals surface area (Å²) in [4.78, 5) is 15.5. The van der Waals surface area contributed by atoms with Crippen LogP contribution in [0.15, 0.2) is 36.7 Å². The lowest BCUT2D eigenvalue weighted by atomic mass is 9.98. The van der Waals surface area contributed by atoms with E-state index in [1.54, 1.807) is 19.3 Å². The van der Waals surface area contributed by atoms with E-state index in [1.807, 2.05) is 12.1 Å². The van der Waals surface area contributed by atoms with Gasteiger partial charge in [0, 0.05) is 24.9 Å². The smallest absolute Gasteiger partial charge is 0.221 e. The molecule has 0 fully saturated rings. The van der Waals surface area contributed by atoms with Crippen molar-refractivity contribution in [2.75, 3.05) is 5.32 Å². The molecule has 0 aliphatic heterocycles. The van der Waals surface area contributed by atoms with Crippen molar-refractivity contribution in [2.45, 2.75) is 26.2 Å². The van der Waals surface area contributed by atoms with E-state index in [4.69, 9.17) is 0 Å². The van der Waals surface area contributed by atoms with Crippen molar-refractivity contribution in [2.24, 2.45) is 0 Å². The van der Waals surface area contributed by atoms with Crippen molar-refractivity contribution in [3.8, 4) is 11.1 Å². The second-order valence-corrected chi connectivity index (χ2v) is 4.90. The fraction of sp³-hybridized carbons (Fsp3) is 0.250. The summed E-state index contributed by atoms with van der Waals surface area (Å²) in [5.74, 6) is -0.0180. The number of aryl methyl sites for hydroxylation is 1. The van der Waals surface area contributed by atoms with E-state index in [2.05, 4.69) is 22.4 Å². The number of anilines is 1. The van der Waals surface area contributed by atoms with Gasteiger partial charge in [-0.05, 0) is 48.1 Å². The minimum absolute atomic E-state index is 0.0180. The Balaban J connectivity index is 2.16. The Morgan fingerprint density at radius 1 is 1.16 bits per heavy atom. The number of fused-ring (bicyclic) bond motifs is 1. The van der Waals surface area contributed by atoms with Crippen molar-refractivity contribution in [1.82, 2.24) is 4.98 Å². The minimum Gasteiger partial charge on any atom is -0.326 e. The number of nitrogens with zero attached hydrogens (tertiary/aromatic N) is 1. The first kappa shape index (κ1) is 11.9. The number of pyridine rings is 1. The zero-order valence-electron chi connectivity index (χ0n) is 10.9. The predicted octanol–water partition coefficient (Wildman–Crippen LogP) is 3.20. The molecule has 0 spiro atoms. The van der Waals surface area contributed by atoms with E-state index in [0.717, 1.165) is 29.7 Å². The normalized spacial score (nSPS) is 13.1. The SMILES string of the molecule is CC(=O)Nc1c(-c2ccncc2)ccc2c1CCC2. The van der Waals surface area contributed by atoms with E-state index in [9.17, 15) is 4.79 Å². The first-order valence-corrected chi connectivity index (χ1v) is 6.58. The highest BCUT2D eigenvalue weighted by Crippen LogP contribution is 2.37. The van der Waals surface area contributed by atoms with Crippen LogP contribution < -0.4 is 5.32 Å². The molecule has 2 aromatic rings. The number of carbonyl (C=O) groups excluding carboxylic acids is 1. The fourth-order valence-electron chi connectivity index (χ4n) is 2.76. The second kappa shape index (κ2) is 4.84. The Bertz CT molecular complexity index is 620. The van der Waals surface area contributed by atoms with Gasteiger partial charge in [-0.25, -0.2) is 0 Å². The van der Waals surface area contributed by atoms with E-state index in [1.165, 1.54) is 17.5 Å². The maximum Gasteiger partial charge on any atom is 0.221 e. The van der Waals surface area contributed by atoms with Crippen LogP contribution in [0, 0.1) is 0 Å². The van der Waals surface area contributed by atoms with Gasteiger partial charge in [0.1, 0.15) is 0 Å². The zero-order valence-corrected chi connectivity index (χ0v) is 10.9. The molecule has 1 N–H and O–H groups in total. The minimum atomic E-state index is -0.0180. The Kier molecular flexibility index (Phi) is 3.03. The molecule has 1 aromatic heterocycles. The molecule has 0 bridgehead atoms. The molecule has 0 radical (unpaired) electrons. The average Bonchev–Trinajstić information content (AvgIpc) is 2.88. The molecule has 0 saturated heterocycles. The van der Waals surface area contributed by atoms with Crippen molar-refractivity contribution < 1.29 is 4.79 Å². The highest BCUT2D eigenvalue weighted by molar-refractivity contribution is 5.96. The molecule has 0 atom stereocenters. The van der Waals surface area contributed by atoms with Crippen molar-refractivity contribution in [3.05, 3.63) is 47.8 Å². The maximum absolute atomic E-state index is 11.5. The van der Waals surface area contributed by atoms with E-state index in [0.29, 0.717) is 0 Å². The first-order valence-electron chi connectivity index (χ1n) is 6.58. The quantitative estimate of drug-likeness (QED) is 0.891. The lowest BCUT2D eigenvalue weighted by Gasteiger charge is -2.15. The van der Waals surface area contributed by atoms with E-state index < -0.39 is 0 Å². The van der Waals surface area contributed by atoms with Crippen molar-refractivity contribution in [1.29, 1.82) is 0 Å². The zero-order chi connectivity index (χ0) is 13.2. The topological polar surface area (TPSA) is 42.0 Å². The van der Waals surface area contributed by atoms with Gasteiger partial charge in [-0.3, -0.25) is 9.78 Å². The van der Waals surface area contributed by atoms with Crippen LogP contribution in [0.2, 0.25) is 0 Å². The number of nitrogens with one attached hydrogen (secondary N) is 1. The van der Waals surface area contributed by atoms with Gasteiger partial charge >= 0.3 is 0 Å². The van der Waals surface area contributed by atoms with Gasteiger partial charge < -0.3 is 5.32 Å². The molecule has 1 amide bonds. The summed E-state index contributed by atoms with van der Waals surface area (Å²) in [7, 11) is 0. The van der Waals surface area contributed by atoms with E-state index >= 15 is 0 Å². The molecular formula is C16H16N2O. The summed E-state index contributed by atoms with van der Waals surface area (Å²) in [5.41, 5.74) is 5.81. The molecule has 1 aromatic carbocycles. The molecule has 3 rings (SSSR count). The number of rotatable bonds is 2. The second-order valence-electron chi connectivity index (χ2n) is 4.90. The third-order valence-corrected chi connectivity index (χ3v) is 3.58. The number of benzene rings is 1. The summed E-state index contributed by atoms with van der Waals surface area (Å²) in [6.07, 6.45) is 6.88. The number of hydrogen-bond acceptors (Lipinski definition) is 2. The Hall–Kier alpha value is -2.16. The van der Waals surface area contributed by atoms with Crippen LogP contribution in [-0.2, 0) is 17.6 Å². The Morgan fingerprint density at radius 2 is 1.95 bits per heavy atom. The van der Waals surface area contributed by atoms with Gasteiger partial charge in [-0.2, -0.15) is 0 Å². The molecule has 96 valence electrons. The monoisotopic (exact) mass is 252 g/mol. The van der Waals surface area contributed by atoms with Crippen LogP contribution in [0.1, 0.15) is 24.5 Å². The lowest BCUT2D eigenvalue weighted by Crippen LogP contribution is -2.09. The fourth-order valence-corrected chi connectivity index (χ4v) is 2.76. The van der Waals surface area contributed by atoms with Crippen LogP contribution >= 0.6 is 0 Å². The van der Waals surface area contributed by atoms with Gasteiger partial charge in [0.15, 0.2) is 0 Å². The summed E-state index contributed by atoms with van der Waals surface area (Å²) in [6, 6.07) is 8.23. The van der Waals surface area contributed by atoms with Crippen LogP contribution in [0.4, 0.5) is 5.69 Å². The first-order chi connectivity index (χ1) is 9.25. The summed E-state index contributed by atoms with van der Waals surface area (Å²) >= 11 is 0. The van der Waals surface area contributed by atoms with Crippen LogP contribution in [-0.4, -0.2) is 10.9 Å². The van der Waals surface area contributed by atoms with Crippen LogP contribution in [0.5, 0.6) is 0 Å². The molecular weight excluding hydrogens is 236 g/mol. The molecule has 19 heavy (non-hydrogen) atoms. The van der Waals surface area contributed by atoms with Gasteiger partial charge in [-0.1, -0.05) is 12.1 Å². The Morgan fingerprint density at radius 3 is 2.68 bits per heavy atom. The molecule has 1 aliphatic rings. The number of hydrogen-bond donors (Lipinski definition) is 1. The van der Waals surface area contributed by atoms with Crippen molar-refractivity contribution >= 4 is 11.6 Å². The lowest BCUT2D eigenvalue weighted by molar-refractivity contribution is -0.114. The average molecular weight is 252 g/mol. The standard InChI is InChI=1S/C16H16N2O/c1-11(19)18-16-14-4-2-3-12(14)5-6-15(16)13-7-9-17-10-8-13/h5-10H,2-4H2,1H3,(H,18,19). The highest BCUT2D eigenvalue weighted by Gasteiger charge is 2.19. The number of carbonyl (C=O) groups is 1. The summed E-state index contributed by atoms with van der Waals surface area (Å²) in [5, 5.41) is 3.01. The molecule has 1 heterocycles. The highest BCUT2D eigenvalue weighted by atomic mass is 16.1. The largest absolute Gasteiger partial charge is 0.326 e. The third-order valence-electron chi connectivity index (χ3n) is 3.58.